The van der Waals surface area contributed by atoms with Crippen LogP contribution in [0.5, 0.6) is 5.75 Å². The molecular formula is C7H4BrClFIO. The molecule has 0 atom stereocenters. The van der Waals surface area contributed by atoms with Gasteiger partial charge < -0.3 is 4.74 Å². The zero-order valence-electron chi connectivity index (χ0n) is 6.00. The molecule has 0 amide bonds. The summed E-state index contributed by atoms with van der Waals surface area (Å²) in [5, 5.41) is 0.0104. The SMILES string of the molecule is COc1c(Br)cc(I)c(F)c1Cl. The van der Waals surface area contributed by atoms with Crippen LogP contribution in [0, 0.1) is 9.39 Å². The van der Waals surface area contributed by atoms with E-state index >= 15 is 0 Å². The molecule has 0 radical (unpaired) electrons. The highest BCUT2D eigenvalue weighted by molar-refractivity contribution is 14.1. The van der Waals surface area contributed by atoms with Crippen LogP contribution >= 0.6 is 50.1 Å². The molecule has 0 aliphatic carbocycles. The zero-order chi connectivity index (χ0) is 9.30. The molecule has 5 heteroatoms. The highest BCUT2D eigenvalue weighted by Crippen LogP contribution is 2.37. The van der Waals surface area contributed by atoms with Gasteiger partial charge in [-0.1, -0.05) is 11.6 Å². The molecule has 0 N–H and O–H groups in total. The molecule has 0 unspecified atom stereocenters. The van der Waals surface area contributed by atoms with Crippen LogP contribution in [0.4, 0.5) is 4.39 Å². The van der Waals surface area contributed by atoms with Gasteiger partial charge in [0.25, 0.3) is 0 Å². The van der Waals surface area contributed by atoms with Crippen LogP contribution in [0.15, 0.2) is 10.5 Å². The van der Waals surface area contributed by atoms with Crippen molar-refractivity contribution in [2.75, 3.05) is 7.11 Å². The van der Waals surface area contributed by atoms with Crippen LogP contribution < -0.4 is 4.74 Å². The Kier molecular flexibility index (Phi) is 3.60. The Bertz CT molecular complexity index is 319. The summed E-state index contributed by atoms with van der Waals surface area (Å²) in [6, 6.07) is 1.61. The summed E-state index contributed by atoms with van der Waals surface area (Å²) in [7, 11) is 1.44. The van der Waals surface area contributed by atoms with Gasteiger partial charge in [-0.2, -0.15) is 0 Å². The van der Waals surface area contributed by atoms with Gasteiger partial charge in [0.05, 0.1) is 15.2 Å². The minimum Gasteiger partial charge on any atom is -0.494 e. The van der Waals surface area contributed by atoms with Crippen molar-refractivity contribution in [3.8, 4) is 5.75 Å². The summed E-state index contributed by atoms with van der Waals surface area (Å²) in [6.07, 6.45) is 0. The van der Waals surface area contributed by atoms with Gasteiger partial charge in [-0.3, -0.25) is 0 Å². The highest BCUT2D eigenvalue weighted by atomic mass is 127. The van der Waals surface area contributed by atoms with Crippen LogP contribution in [0.1, 0.15) is 0 Å². The zero-order valence-corrected chi connectivity index (χ0v) is 10.5. The Morgan fingerprint density at radius 3 is 2.75 bits per heavy atom. The quantitative estimate of drug-likeness (QED) is 0.417. The van der Waals surface area contributed by atoms with Crippen molar-refractivity contribution in [3.05, 3.63) is 24.9 Å². The average Bonchev–Trinajstić information content (AvgIpc) is 2.01. The Morgan fingerprint density at radius 1 is 1.67 bits per heavy atom. The first kappa shape index (κ1) is 10.5. The van der Waals surface area contributed by atoms with Crippen molar-refractivity contribution in [2.24, 2.45) is 0 Å². The maximum absolute atomic E-state index is 13.1. The van der Waals surface area contributed by atoms with Gasteiger partial charge >= 0.3 is 0 Å². The third-order valence-electron chi connectivity index (χ3n) is 1.28. The molecule has 0 saturated carbocycles. The molecule has 12 heavy (non-hydrogen) atoms. The molecule has 0 heterocycles. The van der Waals surface area contributed by atoms with Crippen molar-refractivity contribution in [1.82, 2.24) is 0 Å². The van der Waals surface area contributed by atoms with Crippen molar-refractivity contribution >= 4 is 50.1 Å². The molecule has 0 fully saturated rings. The summed E-state index contributed by atoms with van der Waals surface area (Å²) in [4.78, 5) is 0. The lowest BCUT2D eigenvalue weighted by atomic mass is 10.3. The summed E-state index contributed by atoms with van der Waals surface area (Å²) in [5.41, 5.74) is 0. The largest absolute Gasteiger partial charge is 0.494 e. The van der Waals surface area contributed by atoms with Gasteiger partial charge in [0.1, 0.15) is 5.02 Å². The molecule has 0 aliphatic heterocycles. The molecule has 0 aromatic heterocycles. The van der Waals surface area contributed by atoms with Gasteiger partial charge in [-0.15, -0.1) is 0 Å². The van der Waals surface area contributed by atoms with Crippen molar-refractivity contribution < 1.29 is 9.13 Å². The second-order valence-electron chi connectivity index (χ2n) is 2.00. The van der Waals surface area contributed by atoms with E-state index in [-0.39, 0.29) is 5.02 Å². The Labute approximate surface area is 96.5 Å². The van der Waals surface area contributed by atoms with E-state index in [4.69, 9.17) is 16.3 Å². The normalized spacial score (nSPS) is 10.1. The fourth-order valence-electron chi connectivity index (χ4n) is 0.737. The lowest BCUT2D eigenvalue weighted by Gasteiger charge is -2.07. The second kappa shape index (κ2) is 4.11. The Morgan fingerprint density at radius 2 is 2.25 bits per heavy atom. The molecule has 1 aromatic carbocycles. The number of hydrogen-bond acceptors (Lipinski definition) is 1. The Hall–Kier alpha value is 0.450. The van der Waals surface area contributed by atoms with Crippen LogP contribution in [0.3, 0.4) is 0 Å². The standard InChI is InChI=1S/C7H4BrClFIO/c1-12-7-3(8)2-4(11)6(10)5(7)9/h2H,1H3. The van der Waals surface area contributed by atoms with Crippen molar-refractivity contribution in [3.63, 3.8) is 0 Å². The lowest BCUT2D eigenvalue weighted by molar-refractivity contribution is 0.408. The smallest absolute Gasteiger partial charge is 0.158 e. The molecule has 1 nitrogen and oxygen atoms in total. The van der Waals surface area contributed by atoms with E-state index in [1.54, 1.807) is 6.07 Å². The number of hydrogen-bond donors (Lipinski definition) is 0. The molecule has 0 aliphatic rings. The van der Waals surface area contributed by atoms with E-state index in [1.807, 2.05) is 22.6 Å². The number of rotatable bonds is 1. The van der Waals surface area contributed by atoms with Crippen molar-refractivity contribution in [1.29, 1.82) is 0 Å². The number of benzene rings is 1. The molecule has 1 rings (SSSR count). The monoisotopic (exact) mass is 364 g/mol. The van der Waals surface area contributed by atoms with Crippen LogP contribution in [0.2, 0.25) is 5.02 Å². The van der Waals surface area contributed by atoms with Gasteiger partial charge in [0.15, 0.2) is 11.6 Å². The fourth-order valence-corrected chi connectivity index (χ4v) is 2.89. The average molecular weight is 365 g/mol. The summed E-state index contributed by atoms with van der Waals surface area (Å²) in [5.74, 6) is -0.119. The number of halogens is 4. The summed E-state index contributed by atoms with van der Waals surface area (Å²) < 4.78 is 19.1. The van der Waals surface area contributed by atoms with Gasteiger partial charge in [0, 0.05) is 0 Å². The summed E-state index contributed by atoms with van der Waals surface area (Å²) >= 11 is 10.7. The van der Waals surface area contributed by atoms with E-state index in [0.717, 1.165) is 0 Å². The fraction of sp³-hybridized carbons (Fsp3) is 0.143. The topological polar surface area (TPSA) is 9.23 Å². The Balaban J connectivity index is 3.40. The van der Waals surface area contributed by atoms with Crippen LogP contribution in [-0.4, -0.2) is 7.11 Å². The van der Waals surface area contributed by atoms with Crippen molar-refractivity contribution in [2.45, 2.75) is 0 Å². The second-order valence-corrected chi connectivity index (χ2v) is 4.40. The summed E-state index contributed by atoms with van der Waals surface area (Å²) in [6.45, 7) is 0. The first-order chi connectivity index (χ1) is 5.57. The molecule has 66 valence electrons. The predicted molar refractivity (Wildman–Crippen MR) is 58.4 cm³/mol. The molecular weight excluding hydrogens is 361 g/mol. The van der Waals surface area contributed by atoms with E-state index in [1.165, 1.54) is 7.11 Å². The highest BCUT2D eigenvalue weighted by Gasteiger charge is 2.14. The first-order valence-electron chi connectivity index (χ1n) is 2.95. The van der Waals surface area contributed by atoms with Gasteiger partial charge in [0.2, 0.25) is 0 Å². The maximum Gasteiger partial charge on any atom is 0.158 e. The van der Waals surface area contributed by atoms with Crippen LogP contribution in [-0.2, 0) is 0 Å². The van der Waals surface area contributed by atoms with Gasteiger partial charge in [-0.25, -0.2) is 4.39 Å². The number of methoxy groups -OCH3 is 1. The van der Waals surface area contributed by atoms with E-state index < -0.39 is 5.82 Å². The molecule has 0 spiro atoms. The third kappa shape index (κ3) is 1.85. The van der Waals surface area contributed by atoms with E-state index in [0.29, 0.717) is 13.8 Å². The molecule has 0 saturated heterocycles. The lowest BCUT2D eigenvalue weighted by Crippen LogP contribution is -1.91. The van der Waals surface area contributed by atoms with Gasteiger partial charge in [-0.05, 0) is 44.6 Å². The third-order valence-corrected chi connectivity index (χ3v) is 2.99. The van der Waals surface area contributed by atoms with Crippen LogP contribution in [0.25, 0.3) is 0 Å². The minimum atomic E-state index is -0.447. The molecule has 0 bridgehead atoms. The molecule has 1 aromatic rings. The van der Waals surface area contributed by atoms with E-state index in [2.05, 4.69) is 15.9 Å². The van der Waals surface area contributed by atoms with E-state index in [9.17, 15) is 4.39 Å². The predicted octanol–water partition coefficient (Wildman–Crippen LogP) is 3.85. The first-order valence-corrected chi connectivity index (χ1v) is 5.20. The number of ether oxygens (including phenoxy) is 1. The maximum atomic E-state index is 13.1. The minimum absolute atomic E-state index is 0.0104.